The molecule has 2 aromatic rings. The van der Waals surface area contributed by atoms with Crippen LogP contribution < -0.4 is 5.32 Å². The summed E-state index contributed by atoms with van der Waals surface area (Å²) in [5.41, 5.74) is 1.97. The molecule has 0 aliphatic rings. The monoisotopic (exact) mass is 337 g/mol. The minimum absolute atomic E-state index is 0.0141. The van der Waals surface area contributed by atoms with Crippen molar-refractivity contribution in [3.8, 4) is 0 Å². The number of hydrogen-bond donors (Lipinski definition) is 1. The van der Waals surface area contributed by atoms with Gasteiger partial charge in [-0.15, -0.1) is 23.5 Å². The van der Waals surface area contributed by atoms with Gasteiger partial charge in [-0.25, -0.2) is 0 Å². The lowest BCUT2D eigenvalue weighted by atomic mass is 10.2. The van der Waals surface area contributed by atoms with E-state index in [0.29, 0.717) is 5.75 Å². The van der Waals surface area contributed by atoms with Crippen molar-refractivity contribution in [1.29, 1.82) is 0 Å². The minimum Gasteiger partial charge on any atom is -0.325 e. The maximum absolute atomic E-state index is 11.9. The van der Waals surface area contributed by atoms with Gasteiger partial charge in [0.15, 0.2) is 0 Å². The molecule has 0 heterocycles. The van der Waals surface area contributed by atoms with Crippen molar-refractivity contribution < 1.29 is 4.79 Å². The number of carbonyl (C=O) groups is 1. The molecule has 110 valence electrons. The lowest BCUT2D eigenvalue weighted by molar-refractivity contribution is -0.113. The van der Waals surface area contributed by atoms with Crippen LogP contribution in [0.4, 0.5) is 5.69 Å². The largest absolute Gasteiger partial charge is 0.325 e. The zero-order valence-corrected chi connectivity index (χ0v) is 14.0. The van der Waals surface area contributed by atoms with Crippen LogP contribution in [-0.4, -0.2) is 17.9 Å². The molecular weight excluding hydrogens is 322 g/mol. The van der Waals surface area contributed by atoms with Gasteiger partial charge < -0.3 is 5.32 Å². The molecule has 0 fully saturated rings. The van der Waals surface area contributed by atoms with Gasteiger partial charge in [0.05, 0.1) is 5.75 Å². The van der Waals surface area contributed by atoms with Gasteiger partial charge in [-0.1, -0.05) is 29.8 Å². The Morgan fingerprint density at radius 1 is 1.19 bits per heavy atom. The Labute approximate surface area is 138 Å². The van der Waals surface area contributed by atoms with Crippen LogP contribution in [0.25, 0.3) is 0 Å². The third-order valence-corrected chi connectivity index (χ3v) is 4.71. The lowest BCUT2D eigenvalue weighted by Gasteiger charge is -2.06. The van der Waals surface area contributed by atoms with Crippen LogP contribution in [0.3, 0.4) is 0 Å². The molecule has 0 bridgehead atoms. The molecule has 0 saturated carbocycles. The normalized spacial score (nSPS) is 10.4. The van der Waals surface area contributed by atoms with Crippen LogP contribution in [-0.2, 0) is 10.5 Å². The molecule has 0 unspecified atom stereocenters. The van der Waals surface area contributed by atoms with E-state index in [9.17, 15) is 4.79 Å². The Balaban J connectivity index is 1.79. The molecule has 5 heteroatoms. The van der Waals surface area contributed by atoms with Gasteiger partial charge in [-0.2, -0.15) is 0 Å². The Hall–Kier alpha value is -1.10. The van der Waals surface area contributed by atoms with E-state index in [-0.39, 0.29) is 5.91 Å². The summed E-state index contributed by atoms with van der Waals surface area (Å²) in [6.45, 7) is 0. The van der Waals surface area contributed by atoms with E-state index in [0.717, 1.165) is 26.9 Å². The van der Waals surface area contributed by atoms with Crippen LogP contribution in [0, 0.1) is 0 Å². The highest BCUT2D eigenvalue weighted by molar-refractivity contribution is 7.99. The van der Waals surface area contributed by atoms with Crippen LogP contribution in [0.5, 0.6) is 0 Å². The summed E-state index contributed by atoms with van der Waals surface area (Å²) in [7, 11) is 0. The molecule has 0 aromatic heterocycles. The average molecular weight is 338 g/mol. The van der Waals surface area contributed by atoms with E-state index in [1.165, 1.54) is 0 Å². The molecule has 2 rings (SSSR count). The summed E-state index contributed by atoms with van der Waals surface area (Å²) in [6.07, 6.45) is 2.02. The fourth-order valence-electron chi connectivity index (χ4n) is 1.79. The Kier molecular flexibility index (Phi) is 6.49. The smallest absolute Gasteiger partial charge is 0.234 e. The van der Waals surface area contributed by atoms with Crippen molar-refractivity contribution in [2.45, 2.75) is 10.6 Å². The number of anilines is 1. The molecule has 0 radical (unpaired) electrons. The highest BCUT2D eigenvalue weighted by atomic mass is 35.5. The Morgan fingerprint density at radius 3 is 2.76 bits per heavy atom. The molecular formula is C16H16ClNOS2. The predicted molar refractivity (Wildman–Crippen MR) is 94.5 cm³/mol. The highest BCUT2D eigenvalue weighted by Crippen LogP contribution is 2.20. The first-order chi connectivity index (χ1) is 10.2. The van der Waals surface area contributed by atoms with Crippen molar-refractivity contribution >= 4 is 46.7 Å². The molecule has 1 N–H and O–H groups in total. The number of benzene rings is 2. The predicted octanol–water partition coefficient (Wildman–Crippen LogP) is 4.93. The second kappa shape index (κ2) is 8.37. The van der Waals surface area contributed by atoms with Crippen molar-refractivity contribution in [2.24, 2.45) is 0 Å². The summed E-state index contributed by atoms with van der Waals surface area (Å²) in [4.78, 5) is 13.0. The summed E-state index contributed by atoms with van der Waals surface area (Å²) >= 11 is 9.17. The first-order valence-corrected chi connectivity index (χ1v) is 9.19. The van der Waals surface area contributed by atoms with E-state index < -0.39 is 0 Å². The summed E-state index contributed by atoms with van der Waals surface area (Å²) in [6, 6.07) is 15.6. The second-order valence-electron chi connectivity index (χ2n) is 4.40. The number of halogens is 1. The van der Waals surface area contributed by atoms with Gasteiger partial charge in [0.1, 0.15) is 0 Å². The molecule has 0 spiro atoms. The van der Waals surface area contributed by atoms with Crippen LogP contribution in [0.15, 0.2) is 53.4 Å². The number of rotatable bonds is 6. The van der Waals surface area contributed by atoms with Crippen LogP contribution >= 0.6 is 35.1 Å². The number of thioether (sulfide) groups is 2. The lowest BCUT2D eigenvalue weighted by Crippen LogP contribution is -2.14. The van der Waals surface area contributed by atoms with Gasteiger partial charge in [-0.3, -0.25) is 4.79 Å². The maximum atomic E-state index is 11.9. The quantitative estimate of drug-likeness (QED) is 0.757. The Morgan fingerprint density at radius 2 is 2.00 bits per heavy atom. The number of hydrogen-bond acceptors (Lipinski definition) is 3. The van der Waals surface area contributed by atoms with E-state index in [4.69, 9.17) is 11.6 Å². The van der Waals surface area contributed by atoms with Crippen LogP contribution in [0.2, 0.25) is 5.02 Å². The summed E-state index contributed by atoms with van der Waals surface area (Å²) < 4.78 is 0. The fraction of sp³-hybridized carbons (Fsp3) is 0.188. The van der Waals surface area contributed by atoms with Crippen molar-refractivity contribution in [3.63, 3.8) is 0 Å². The zero-order valence-electron chi connectivity index (χ0n) is 11.6. The topological polar surface area (TPSA) is 29.1 Å². The first-order valence-electron chi connectivity index (χ1n) is 6.43. The molecule has 21 heavy (non-hydrogen) atoms. The minimum atomic E-state index is 0.0141. The van der Waals surface area contributed by atoms with Gasteiger partial charge in [0.2, 0.25) is 5.91 Å². The number of nitrogens with one attached hydrogen (secondary N) is 1. The van der Waals surface area contributed by atoms with E-state index in [1.54, 1.807) is 23.5 Å². The Bertz CT molecular complexity index is 619. The molecule has 1 amide bonds. The first kappa shape index (κ1) is 16.3. The average Bonchev–Trinajstić information content (AvgIpc) is 2.47. The highest BCUT2D eigenvalue weighted by Gasteiger charge is 2.04. The molecule has 0 atom stereocenters. The van der Waals surface area contributed by atoms with Gasteiger partial charge in [0, 0.05) is 21.4 Å². The van der Waals surface area contributed by atoms with Gasteiger partial charge in [-0.05, 0) is 42.2 Å². The maximum Gasteiger partial charge on any atom is 0.234 e. The summed E-state index contributed by atoms with van der Waals surface area (Å²) in [5.74, 6) is 1.22. The fourth-order valence-corrected chi connectivity index (χ4v) is 3.23. The molecule has 2 nitrogen and oxygen atoms in total. The third kappa shape index (κ3) is 5.65. The third-order valence-electron chi connectivity index (χ3n) is 2.74. The van der Waals surface area contributed by atoms with Crippen LogP contribution in [0.1, 0.15) is 5.56 Å². The molecule has 0 aliphatic heterocycles. The SMILES string of the molecule is CSc1cccc(NC(=O)CSCc2cccc(Cl)c2)c1. The number of amides is 1. The molecule has 0 aliphatic carbocycles. The van der Waals surface area contributed by atoms with Crippen molar-refractivity contribution in [1.82, 2.24) is 0 Å². The van der Waals surface area contributed by atoms with E-state index in [1.807, 2.05) is 54.8 Å². The standard InChI is InChI=1S/C16H16ClNOS2/c1-20-15-7-3-6-14(9-15)18-16(19)11-21-10-12-4-2-5-13(17)8-12/h2-9H,10-11H2,1H3,(H,18,19). The van der Waals surface area contributed by atoms with Crippen molar-refractivity contribution in [3.05, 3.63) is 59.1 Å². The van der Waals surface area contributed by atoms with Crippen molar-refractivity contribution in [2.75, 3.05) is 17.3 Å². The molecule has 2 aromatic carbocycles. The van der Waals surface area contributed by atoms with Gasteiger partial charge >= 0.3 is 0 Å². The van der Waals surface area contributed by atoms with E-state index >= 15 is 0 Å². The second-order valence-corrected chi connectivity index (χ2v) is 6.70. The summed E-state index contributed by atoms with van der Waals surface area (Å²) in [5, 5.41) is 3.64. The zero-order chi connectivity index (χ0) is 15.1. The van der Waals surface area contributed by atoms with Gasteiger partial charge in [0.25, 0.3) is 0 Å². The van der Waals surface area contributed by atoms with E-state index in [2.05, 4.69) is 5.32 Å². The molecule has 0 saturated heterocycles. The number of carbonyl (C=O) groups excluding carboxylic acids is 1.